The minimum atomic E-state index is -5.50. The molecule has 0 amide bonds. The van der Waals surface area contributed by atoms with Crippen LogP contribution in [0.25, 0.3) is 32.3 Å². The van der Waals surface area contributed by atoms with Gasteiger partial charge in [0.1, 0.15) is 14.7 Å². The van der Waals surface area contributed by atoms with Crippen molar-refractivity contribution in [3.05, 3.63) is 42.5 Å². The SMILES string of the molecule is O=S(=O)(O)c1c(S(=O)(=O)O)c2ccc3cccc4ccc(c1S(=O)(=O)O)c2c34.[H-].[H-].[H-].[Na+].[Na+].[Na+]. The summed E-state index contributed by atoms with van der Waals surface area (Å²) >= 11 is 0. The topological polar surface area (TPSA) is 163 Å². The van der Waals surface area contributed by atoms with E-state index in [1.54, 1.807) is 18.2 Å². The van der Waals surface area contributed by atoms with Gasteiger partial charge in [-0.25, -0.2) is 0 Å². The standard InChI is InChI=1S/C16H10O9S3.3Na.3H/c17-26(18,19)14-10-6-4-8-2-1-3-9-5-7-11(13(10)12(8)9)15(27(20,21)22)16(14)28(23,24)25;;;;;;/h1-7H,(H,17,18,19)(H,20,21,22)(H,23,24,25);;;;;;/q;3*+1;3*-1. The van der Waals surface area contributed by atoms with E-state index < -0.39 is 45.0 Å². The van der Waals surface area contributed by atoms with E-state index in [9.17, 15) is 38.9 Å². The van der Waals surface area contributed by atoms with Crippen LogP contribution >= 0.6 is 0 Å². The van der Waals surface area contributed by atoms with Gasteiger partial charge < -0.3 is 4.28 Å². The van der Waals surface area contributed by atoms with Crippen LogP contribution in [0.5, 0.6) is 0 Å². The molecule has 0 radical (unpaired) electrons. The average Bonchev–Trinajstić information content (AvgIpc) is 2.55. The van der Waals surface area contributed by atoms with Gasteiger partial charge in [0.2, 0.25) is 0 Å². The second-order valence-electron chi connectivity index (χ2n) is 6.09. The molecule has 31 heavy (non-hydrogen) atoms. The molecule has 0 heterocycles. The van der Waals surface area contributed by atoms with E-state index in [1.807, 2.05) is 0 Å². The third kappa shape index (κ3) is 5.04. The molecule has 0 unspecified atom stereocenters. The van der Waals surface area contributed by atoms with E-state index >= 15 is 0 Å². The molecule has 0 aliphatic carbocycles. The summed E-state index contributed by atoms with van der Waals surface area (Å²) in [6.07, 6.45) is 0. The third-order valence-corrected chi connectivity index (χ3v) is 7.51. The zero-order chi connectivity index (χ0) is 20.6. The van der Waals surface area contributed by atoms with Crippen molar-refractivity contribution in [1.82, 2.24) is 0 Å². The maximum atomic E-state index is 12.0. The van der Waals surface area contributed by atoms with Crippen LogP contribution in [-0.2, 0) is 30.4 Å². The van der Waals surface area contributed by atoms with Gasteiger partial charge in [-0.05, 0) is 16.2 Å². The predicted octanol–water partition coefficient (Wildman–Crippen LogP) is -6.33. The number of rotatable bonds is 3. The average molecular weight is 514 g/mol. The van der Waals surface area contributed by atoms with Gasteiger partial charge >= 0.3 is 88.7 Å². The number of benzene rings is 4. The summed E-state index contributed by atoms with van der Waals surface area (Å²) in [5, 5.41) is 0.927. The number of hydrogen-bond donors (Lipinski definition) is 3. The van der Waals surface area contributed by atoms with E-state index in [-0.39, 0.29) is 109 Å². The van der Waals surface area contributed by atoms with Gasteiger partial charge in [-0.3, -0.25) is 13.7 Å². The predicted molar refractivity (Wildman–Crippen MR) is 103 cm³/mol. The molecule has 152 valence electrons. The van der Waals surface area contributed by atoms with Crippen molar-refractivity contribution in [1.29, 1.82) is 0 Å². The summed E-state index contributed by atoms with van der Waals surface area (Å²) in [5.74, 6) is 0. The Kier molecular flexibility index (Phi) is 9.31. The van der Waals surface area contributed by atoms with Gasteiger partial charge in [0.05, 0.1) is 0 Å². The molecule has 0 atom stereocenters. The molecule has 0 fully saturated rings. The van der Waals surface area contributed by atoms with Gasteiger partial charge in [0, 0.05) is 16.2 Å². The first-order valence-corrected chi connectivity index (χ1v) is 11.8. The van der Waals surface area contributed by atoms with E-state index in [0.29, 0.717) is 16.2 Å². The summed E-state index contributed by atoms with van der Waals surface area (Å²) in [6, 6.07) is 10.3. The van der Waals surface area contributed by atoms with Crippen LogP contribution in [0.3, 0.4) is 0 Å². The Labute approximate surface area is 248 Å². The minimum absolute atomic E-state index is 0. The van der Waals surface area contributed by atoms with Crippen LogP contribution in [0.2, 0.25) is 0 Å². The van der Waals surface area contributed by atoms with Gasteiger partial charge in [0.15, 0.2) is 0 Å². The molecular formula is C16H13Na3O9S3. The molecule has 0 spiro atoms. The van der Waals surface area contributed by atoms with E-state index in [1.165, 1.54) is 24.3 Å². The summed E-state index contributed by atoms with van der Waals surface area (Å²) in [5.41, 5.74) is 0. The van der Waals surface area contributed by atoms with Crippen molar-refractivity contribution in [2.24, 2.45) is 0 Å². The summed E-state index contributed by atoms with van der Waals surface area (Å²) in [4.78, 5) is -4.26. The first-order valence-electron chi connectivity index (χ1n) is 7.48. The van der Waals surface area contributed by atoms with Crippen LogP contribution in [0.4, 0.5) is 0 Å². The fraction of sp³-hybridized carbons (Fsp3) is 0. The van der Waals surface area contributed by atoms with Gasteiger partial charge in [0.25, 0.3) is 30.4 Å². The molecule has 4 aromatic rings. The second-order valence-corrected chi connectivity index (χ2v) is 10.2. The molecule has 0 aliphatic heterocycles. The summed E-state index contributed by atoms with van der Waals surface area (Å²) in [7, 11) is -16.2. The smallest absolute Gasteiger partial charge is 1.00 e. The zero-order valence-electron chi connectivity index (χ0n) is 19.6. The monoisotopic (exact) mass is 514 g/mol. The molecule has 4 rings (SSSR count). The molecule has 15 heteroatoms. The van der Waals surface area contributed by atoms with Gasteiger partial charge in [-0.15, -0.1) is 0 Å². The van der Waals surface area contributed by atoms with Crippen molar-refractivity contribution in [2.75, 3.05) is 0 Å². The largest absolute Gasteiger partial charge is 1.00 e. The summed E-state index contributed by atoms with van der Waals surface area (Å²) < 4.78 is 101. The van der Waals surface area contributed by atoms with E-state index in [2.05, 4.69) is 0 Å². The molecule has 0 saturated carbocycles. The maximum absolute atomic E-state index is 12.0. The van der Waals surface area contributed by atoms with E-state index in [0.717, 1.165) is 0 Å². The van der Waals surface area contributed by atoms with Crippen molar-refractivity contribution in [2.45, 2.75) is 14.7 Å². The van der Waals surface area contributed by atoms with Crippen LogP contribution in [0.15, 0.2) is 57.2 Å². The quantitative estimate of drug-likeness (QED) is 0.137. The van der Waals surface area contributed by atoms with Crippen LogP contribution in [0, 0.1) is 0 Å². The maximum Gasteiger partial charge on any atom is 1.00 e. The second kappa shape index (κ2) is 9.72. The molecule has 0 bridgehead atoms. The molecule has 3 N–H and O–H groups in total. The first-order chi connectivity index (χ1) is 12.8. The Morgan fingerprint density at radius 1 is 0.516 bits per heavy atom. The Morgan fingerprint density at radius 2 is 0.871 bits per heavy atom. The molecular weight excluding hydrogens is 501 g/mol. The Balaban J connectivity index is -0.00000160. The number of hydrogen-bond acceptors (Lipinski definition) is 6. The molecule has 4 aromatic carbocycles. The Morgan fingerprint density at radius 3 is 1.19 bits per heavy atom. The van der Waals surface area contributed by atoms with Crippen molar-refractivity contribution < 1.29 is 132 Å². The van der Waals surface area contributed by atoms with Crippen molar-refractivity contribution >= 4 is 62.7 Å². The third-order valence-electron chi connectivity index (χ3n) is 4.45. The van der Waals surface area contributed by atoms with E-state index in [4.69, 9.17) is 0 Å². The molecule has 0 aromatic heterocycles. The first kappa shape index (κ1) is 29.7. The minimum Gasteiger partial charge on any atom is -1.00 e. The van der Waals surface area contributed by atoms with Crippen molar-refractivity contribution in [3.63, 3.8) is 0 Å². The Bertz CT molecular complexity index is 1550. The Hall–Kier alpha value is 0.650. The fourth-order valence-corrected chi connectivity index (χ4v) is 7.14. The van der Waals surface area contributed by atoms with Crippen molar-refractivity contribution in [3.8, 4) is 0 Å². The van der Waals surface area contributed by atoms with Crippen LogP contribution in [-0.4, -0.2) is 38.9 Å². The fourth-order valence-electron chi connectivity index (χ4n) is 3.56. The molecule has 0 saturated heterocycles. The summed E-state index contributed by atoms with van der Waals surface area (Å²) in [6.45, 7) is 0. The molecule has 0 aliphatic rings. The van der Waals surface area contributed by atoms with Crippen LogP contribution < -0.4 is 88.7 Å². The normalized spacial score (nSPS) is 12.4. The zero-order valence-corrected chi connectivity index (χ0v) is 25.0. The van der Waals surface area contributed by atoms with Crippen LogP contribution in [0.1, 0.15) is 4.28 Å². The van der Waals surface area contributed by atoms with Gasteiger partial charge in [-0.2, -0.15) is 25.3 Å². The molecule has 9 nitrogen and oxygen atoms in total. The van der Waals surface area contributed by atoms with Gasteiger partial charge in [-0.1, -0.05) is 42.5 Å².